The van der Waals surface area contributed by atoms with E-state index in [0.29, 0.717) is 6.04 Å². The monoisotopic (exact) mass is 159 g/mol. The summed E-state index contributed by atoms with van der Waals surface area (Å²) in [7, 11) is 3.83. The highest BCUT2D eigenvalue weighted by Crippen LogP contribution is 1.91. The molecule has 0 aromatic carbocycles. The van der Waals surface area contributed by atoms with Crippen molar-refractivity contribution >= 4 is 0 Å². The first-order valence-electron chi connectivity index (χ1n) is 3.87. The molecule has 11 heavy (non-hydrogen) atoms. The van der Waals surface area contributed by atoms with Crippen LogP contribution in [0.4, 0.5) is 0 Å². The van der Waals surface area contributed by atoms with Crippen molar-refractivity contribution in [1.29, 1.82) is 0 Å². The van der Waals surface area contributed by atoms with Crippen molar-refractivity contribution in [2.24, 2.45) is 0 Å². The Kier molecular flexibility index (Phi) is 11.6. The normalized spacial score (nSPS) is 9.64. The summed E-state index contributed by atoms with van der Waals surface area (Å²) in [5.74, 6) is 0. The van der Waals surface area contributed by atoms with E-state index in [4.69, 9.17) is 4.74 Å². The third-order valence-electron chi connectivity index (χ3n) is 1.53. The van der Waals surface area contributed by atoms with E-state index in [1.165, 1.54) is 0 Å². The lowest BCUT2D eigenvalue weighted by atomic mass is 10.3. The highest BCUT2D eigenvalue weighted by molar-refractivity contribution is 4.54. The van der Waals surface area contributed by atoms with Crippen LogP contribution < -0.4 is 0 Å². The number of methoxy groups -OCH3 is 1. The molecule has 0 aliphatic heterocycles. The molecule has 68 valence electrons. The first-order valence-corrected chi connectivity index (χ1v) is 3.87. The lowest BCUT2D eigenvalue weighted by molar-refractivity contribution is 0.147. The third-order valence-corrected chi connectivity index (χ3v) is 1.53. The number of hydrogen-bond donors (Lipinski definition) is 0. The SMILES string of the molecule is C=C.COCCN(C)C(C)C. The molecule has 0 aliphatic carbocycles. The predicted molar refractivity (Wildman–Crippen MR) is 50.9 cm³/mol. The molecule has 0 atom stereocenters. The molecule has 0 spiro atoms. The van der Waals surface area contributed by atoms with E-state index in [-0.39, 0.29) is 0 Å². The summed E-state index contributed by atoms with van der Waals surface area (Å²) in [6.45, 7) is 12.2. The summed E-state index contributed by atoms with van der Waals surface area (Å²) in [5.41, 5.74) is 0. The van der Waals surface area contributed by atoms with Gasteiger partial charge in [-0.15, -0.1) is 13.2 Å². The van der Waals surface area contributed by atoms with Crippen LogP contribution in [0.3, 0.4) is 0 Å². The van der Waals surface area contributed by atoms with Gasteiger partial charge in [-0.2, -0.15) is 0 Å². The molecule has 0 bridgehead atoms. The number of hydrogen-bond acceptors (Lipinski definition) is 2. The van der Waals surface area contributed by atoms with Gasteiger partial charge in [0, 0.05) is 19.7 Å². The van der Waals surface area contributed by atoms with Crippen LogP contribution in [0.5, 0.6) is 0 Å². The van der Waals surface area contributed by atoms with Gasteiger partial charge in [0.15, 0.2) is 0 Å². The Bertz CT molecular complexity index is 74.0. The Labute approximate surface area is 70.8 Å². The molecule has 0 aromatic rings. The zero-order valence-corrected chi connectivity index (χ0v) is 8.26. The van der Waals surface area contributed by atoms with Crippen molar-refractivity contribution in [2.75, 3.05) is 27.3 Å². The average Bonchev–Trinajstić information content (AvgIpc) is 2.03. The summed E-state index contributed by atoms with van der Waals surface area (Å²) in [6.07, 6.45) is 0. The second-order valence-electron chi connectivity index (χ2n) is 2.57. The molecule has 0 N–H and O–H groups in total. The van der Waals surface area contributed by atoms with Crippen LogP contribution in [-0.4, -0.2) is 38.3 Å². The van der Waals surface area contributed by atoms with Crippen molar-refractivity contribution in [3.63, 3.8) is 0 Å². The van der Waals surface area contributed by atoms with Crippen molar-refractivity contribution in [3.05, 3.63) is 13.2 Å². The second-order valence-corrected chi connectivity index (χ2v) is 2.57. The van der Waals surface area contributed by atoms with Gasteiger partial charge < -0.3 is 9.64 Å². The second kappa shape index (κ2) is 9.66. The number of ether oxygens (including phenoxy) is 1. The van der Waals surface area contributed by atoms with Crippen LogP contribution in [0.25, 0.3) is 0 Å². The van der Waals surface area contributed by atoms with E-state index in [9.17, 15) is 0 Å². The Hall–Kier alpha value is -0.340. The highest BCUT2D eigenvalue weighted by atomic mass is 16.5. The Balaban J connectivity index is 0. The molecule has 0 unspecified atom stereocenters. The fourth-order valence-electron chi connectivity index (χ4n) is 0.493. The van der Waals surface area contributed by atoms with Gasteiger partial charge in [0.05, 0.1) is 6.61 Å². The quantitative estimate of drug-likeness (QED) is 0.580. The van der Waals surface area contributed by atoms with Gasteiger partial charge >= 0.3 is 0 Å². The number of nitrogens with zero attached hydrogens (tertiary/aromatic N) is 1. The Morgan fingerprint density at radius 1 is 1.36 bits per heavy atom. The molecule has 0 fully saturated rings. The van der Waals surface area contributed by atoms with Crippen LogP contribution in [0, 0.1) is 0 Å². The fourth-order valence-corrected chi connectivity index (χ4v) is 0.493. The molecule has 0 saturated heterocycles. The molecule has 0 rings (SSSR count). The maximum absolute atomic E-state index is 4.92. The van der Waals surface area contributed by atoms with Crippen LogP contribution in [-0.2, 0) is 4.74 Å². The number of rotatable bonds is 4. The van der Waals surface area contributed by atoms with E-state index in [2.05, 4.69) is 39.0 Å². The maximum atomic E-state index is 4.92. The third kappa shape index (κ3) is 9.66. The average molecular weight is 159 g/mol. The Morgan fingerprint density at radius 2 is 1.82 bits per heavy atom. The van der Waals surface area contributed by atoms with E-state index < -0.39 is 0 Å². The lowest BCUT2D eigenvalue weighted by Crippen LogP contribution is -2.29. The minimum absolute atomic E-state index is 0.625. The van der Waals surface area contributed by atoms with Gasteiger partial charge in [-0.05, 0) is 20.9 Å². The van der Waals surface area contributed by atoms with Crippen LogP contribution in [0.15, 0.2) is 13.2 Å². The fraction of sp³-hybridized carbons (Fsp3) is 0.778. The van der Waals surface area contributed by atoms with Gasteiger partial charge in [0.25, 0.3) is 0 Å². The summed E-state index contributed by atoms with van der Waals surface area (Å²) in [5, 5.41) is 0. The van der Waals surface area contributed by atoms with Crippen molar-refractivity contribution < 1.29 is 4.74 Å². The molecule has 0 aliphatic rings. The minimum atomic E-state index is 0.625. The van der Waals surface area contributed by atoms with Gasteiger partial charge in [0.2, 0.25) is 0 Å². The minimum Gasteiger partial charge on any atom is -0.383 e. The molecule has 0 radical (unpaired) electrons. The molecule has 0 heterocycles. The summed E-state index contributed by atoms with van der Waals surface area (Å²) in [6, 6.07) is 0.625. The zero-order valence-electron chi connectivity index (χ0n) is 8.26. The van der Waals surface area contributed by atoms with Crippen molar-refractivity contribution in [1.82, 2.24) is 4.90 Å². The van der Waals surface area contributed by atoms with E-state index in [0.717, 1.165) is 13.2 Å². The Morgan fingerprint density at radius 3 is 2.09 bits per heavy atom. The van der Waals surface area contributed by atoms with Gasteiger partial charge in [-0.25, -0.2) is 0 Å². The van der Waals surface area contributed by atoms with E-state index >= 15 is 0 Å². The maximum Gasteiger partial charge on any atom is 0.0589 e. The van der Waals surface area contributed by atoms with Crippen LogP contribution in [0.2, 0.25) is 0 Å². The first kappa shape index (κ1) is 13.3. The predicted octanol–water partition coefficient (Wildman–Crippen LogP) is 1.78. The molecular formula is C9H21NO. The molecule has 2 nitrogen and oxygen atoms in total. The summed E-state index contributed by atoms with van der Waals surface area (Å²) < 4.78 is 4.92. The molecule has 2 heteroatoms. The van der Waals surface area contributed by atoms with Crippen LogP contribution >= 0.6 is 0 Å². The molecule has 0 saturated carbocycles. The van der Waals surface area contributed by atoms with Gasteiger partial charge in [0.1, 0.15) is 0 Å². The van der Waals surface area contributed by atoms with Gasteiger partial charge in [-0.1, -0.05) is 0 Å². The van der Waals surface area contributed by atoms with Gasteiger partial charge in [-0.3, -0.25) is 0 Å². The topological polar surface area (TPSA) is 12.5 Å². The van der Waals surface area contributed by atoms with E-state index in [1.54, 1.807) is 7.11 Å². The standard InChI is InChI=1S/C7H17NO.C2H4/c1-7(2)8(3)5-6-9-4;1-2/h7H,5-6H2,1-4H3;1-2H2. The molecule has 0 amide bonds. The molecular weight excluding hydrogens is 138 g/mol. The number of likely N-dealkylation sites (N-methyl/N-ethyl adjacent to an activating group) is 1. The van der Waals surface area contributed by atoms with E-state index in [1.807, 2.05) is 0 Å². The largest absolute Gasteiger partial charge is 0.383 e. The van der Waals surface area contributed by atoms with Crippen molar-refractivity contribution in [2.45, 2.75) is 19.9 Å². The van der Waals surface area contributed by atoms with Crippen molar-refractivity contribution in [3.8, 4) is 0 Å². The smallest absolute Gasteiger partial charge is 0.0589 e. The zero-order chi connectivity index (χ0) is 9.28. The van der Waals surface area contributed by atoms with Crippen LogP contribution in [0.1, 0.15) is 13.8 Å². The summed E-state index contributed by atoms with van der Waals surface area (Å²) >= 11 is 0. The summed E-state index contributed by atoms with van der Waals surface area (Å²) in [4.78, 5) is 2.25. The first-order chi connectivity index (χ1) is 5.18. The lowest BCUT2D eigenvalue weighted by Gasteiger charge is -2.19. The highest BCUT2D eigenvalue weighted by Gasteiger charge is 1.99. The molecule has 0 aromatic heterocycles.